The van der Waals surface area contributed by atoms with Crippen LogP contribution in [-0.4, -0.2) is 32.0 Å². The molecule has 2 fully saturated rings. The van der Waals surface area contributed by atoms with Crippen molar-refractivity contribution < 1.29 is 0 Å². The number of hydrogen-bond donors (Lipinski definition) is 0. The smallest absolute Gasteiger partial charge is 0.157 e. The van der Waals surface area contributed by atoms with Crippen molar-refractivity contribution >= 4 is 28.5 Å². The van der Waals surface area contributed by atoms with E-state index >= 15 is 0 Å². The number of alkyl halides is 1. The number of rotatable bonds is 1. The monoisotopic (exact) mass is 276 g/mol. The summed E-state index contributed by atoms with van der Waals surface area (Å²) in [5.41, 5.74) is 2.17. The number of aromatic nitrogens is 3. The second-order valence-electron chi connectivity index (χ2n) is 5.72. The second-order valence-corrected chi connectivity index (χ2v) is 6.34. The van der Waals surface area contributed by atoms with E-state index in [-0.39, 0.29) is 0 Å². The maximum atomic E-state index is 6.35. The quantitative estimate of drug-likeness (QED) is 0.751. The summed E-state index contributed by atoms with van der Waals surface area (Å²) in [6.07, 6.45) is 8.38. The molecule has 19 heavy (non-hydrogen) atoms. The fraction of sp³-hybridized carbons (Fsp3) is 0.571. The highest BCUT2D eigenvalue weighted by atomic mass is 35.5. The average molecular weight is 277 g/mol. The van der Waals surface area contributed by atoms with Crippen molar-refractivity contribution in [1.29, 1.82) is 0 Å². The van der Waals surface area contributed by atoms with Gasteiger partial charge in [-0.05, 0) is 31.7 Å². The number of aryl methyl sites for hydroxylation is 1. The summed E-state index contributed by atoms with van der Waals surface area (Å²) in [4.78, 5) is 11.6. The van der Waals surface area contributed by atoms with Gasteiger partial charge in [0.2, 0.25) is 0 Å². The Morgan fingerprint density at radius 2 is 1.95 bits per heavy atom. The van der Waals surface area contributed by atoms with Crippen LogP contribution in [0.3, 0.4) is 0 Å². The molecule has 2 aliphatic rings. The molecule has 0 radical (unpaired) electrons. The van der Waals surface area contributed by atoms with E-state index in [0.29, 0.717) is 17.5 Å². The molecule has 2 aromatic rings. The van der Waals surface area contributed by atoms with Gasteiger partial charge in [0, 0.05) is 30.7 Å². The highest BCUT2D eigenvalue weighted by Crippen LogP contribution is 2.41. The first kappa shape index (κ1) is 11.5. The van der Waals surface area contributed by atoms with Gasteiger partial charge in [-0.25, -0.2) is 9.97 Å². The van der Waals surface area contributed by atoms with Crippen molar-refractivity contribution in [2.45, 2.75) is 43.1 Å². The highest BCUT2D eigenvalue weighted by molar-refractivity contribution is 6.20. The van der Waals surface area contributed by atoms with Gasteiger partial charge in [0.25, 0.3) is 0 Å². The fourth-order valence-electron chi connectivity index (χ4n) is 3.69. The molecule has 0 aliphatic carbocycles. The zero-order chi connectivity index (χ0) is 13.0. The number of hydrogen-bond acceptors (Lipinski definition) is 3. The molecule has 0 amide bonds. The van der Waals surface area contributed by atoms with Crippen molar-refractivity contribution in [3.05, 3.63) is 18.6 Å². The molecule has 4 heterocycles. The van der Waals surface area contributed by atoms with Gasteiger partial charge >= 0.3 is 0 Å². The summed E-state index contributed by atoms with van der Waals surface area (Å²) in [6.45, 7) is 0. The van der Waals surface area contributed by atoms with Crippen LogP contribution >= 0.6 is 11.6 Å². The maximum Gasteiger partial charge on any atom is 0.157 e. The number of halogens is 1. The first-order chi connectivity index (χ1) is 9.24. The Bertz CT molecular complexity index is 609. The number of pyridine rings is 1. The van der Waals surface area contributed by atoms with Gasteiger partial charge < -0.3 is 9.47 Å². The summed E-state index contributed by atoms with van der Waals surface area (Å²) in [5, 5.41) is 0.330. The number of nitrogens with zero attached hydrogens (tertiary/aromatic N) is 4. The molecule has 100 valence electrons. The van der Waals surface area contributed by atoms with E-state index < -0.39 is 0 Å². The van der Waals surface area contributed by atoms with Gasteiger partial charge in [-0.3, -0.25) is 0 Å². The van der Waals surface area contributed by atoms with Gasteiger partial charge in [0.05, 0.1) is 11.8 Å². The zero-order valence-electron chi connectivity index (χ0n) is 11.0. The summed E-state index contributed by atoms with van der Waals surface area (Å²) < 4.78 is 2.05. The van der Waals surface area contributed by atoms with Crippen molar-refractivity contribution in [2.24, 2.45) is 7.05 Å². The summed E-state index contributed by atoms with van der Waals surface area (Å²) in [6, 6.07) is 3.12. The summed E-state index contributed by atoms with van der Waals surface area (Å²) >= 11 is 6.35. The van der Waals surface area contributed by atoms with Crippen LogP contribution in [0.5, 0.6) is 0 Å². The zero-order valence-corrected chi connectivity index (χ0v) is 11.7. The molecule has 5 heteroatoms. The lowest BCUT2D eigenvalue weighted by atomic mass is 10.0. The van der Waals surface area contributed by atoms with Gasteiger partial charge in [-0.1, -0.05) is 0 Å². The Morgan fingerprint density at radius 1 is 1.21 bits per heavy atom. The average Bonchev–Trinajstić information content (AvgIpc) is 2.89. The second kappa shape index (κ2) is 4.10. The Kier molecular flexibility index (Phi) is 2.49. The van der Waals surface area contributed by atoms with Gasteiger partial charge in [0.1, 0.15) is 5.52 Å². The van der Waals surface area contributed by atoms with E-state index in [1.54, 1.807) is 0 Å². The number of fused-ring (bicyclic) bond motifs is 3. The van der Waals surface area contributed by atoms with E-state index in [1.807, 2.05) is 25.6 Å². The molecule has 2 saturated heterocycles. The third-order valence-corrected chi connectivity index (χ3v) is 4.90. The fourth-order valence-corrected chi connectivity index (χ4v) is 4.10. The molecule has 2 aromatic heterocycles. The third kappa shape index (κ3) is 1.66. The SMILES string of the molecule is Cn1cnc2c(N3C4CCC3CC(Cl)C4)nccc21. The lowest BCUT2D eigenvalue weighted by molar-refractivity contribution is 0.471. The van der Waals surface area contributed by atoms with Gasteiger partial charge in [-0.2, -0.15) is 0 Å². The Balaban J connectivity index is 1.83. The minimum atomic E-state index is 0.330. The Hall–Kier alpha value is -1.29. The molecular weight excluding hydrogens is 260 g/mol. The molecule has 2 unspecified atom stereocenters. The summed E-state index contributed by atoms with van der Waals surface area (Å²) in [7, 11) is 2.03. The lowest BCUT2D eigenvalue weighted by Gasteiger charge is -2.37. The maximum absolute atomic E-state index is 6.35. The largest absolute Gasteiger partial charge is 0.349 e. The Morgan fingerprint density at radius 3 is 2.68 bits per heavy atom. The molecule has 4 rings (SSSR count). The number of anilines is 1. The minimum Gasteiger partial charge on any atom is -0.349 e. The van der Waals surface area contributed by atoms with E-state index in [2.05, 4.69) is 19.4 Å². The van der Waals surface area contributed by atoms with Crippen LogP contribution in [0.15, 0.2) is 18.6 Å². The van der Waals surface area contributed by atoms with E-state index in [1.165, 1.54) is 12.8 Å². The first-order valence-electron chi connectivity index (χ1n) is 6.92. The van der Waals surface area contributed by atoms with Crippen LogP contribution in [0.1, 0.15) is 25.7 Å². The van der Waals surface area contributed by atoms with Crippen LogP contribution in [0.4, 0.5) is 5.82 Å². The molecule has 0 spiro atoms. The normalized spacial score (nSPS) is 30.2. The predicted molar refractivity (Wildman–Crippen MR) is 76.7 cm³/mol. The number of piperidine rings is 1. The van der Waals surface area contributed by atoms with E-state index in [0.717, 1.165) is 29.7 Å². The van der Waals surface area contributed by atoms with Crippen LogP contribution in [0, 0.1) is 0 Å². The van der Waals surface area contributed by atoms with Crippen molar-refractivity contribution in [1.82, 2.24) is 14.5 Å². The van der Waals surface area contributed by atoms with E-state index in [9.17, 15) is 0 Å². The van der Waals surface area contributed by atoms with Crippen molar-refractivity contribution in [2.75, 3.05) is 4.90 Å². The van der Waals surface area contributed by atoms with Crippen molar-refractivity contribution in [3.8, 4) is 0 Å². The Labute approximate surface area is 117 Å². The van der Waals surface area contributed by atoms with Crippen LogP contribution in [0.25, 0.3) is 11.0 Å². The molecule has 0 N–H and O–H groups in total. The van der Waals surface area contributed by atoms with Gasteiger partial charge in [0.15, 0.2) is 5.82 Å². The topological polar surface area (TPSA) is 34.0 Å². The minimum absolute atomic E-state index is 0.330. The number of imidazole rings is 1. The van der Waals surface area contributed by atoms with Gasteiger partial charge in [-0.15, -0.1) is 11.6 Å². The van der Waals surface area contributed by atoms with E-state index in [4.69, 9.17) is 11.6 Å². The first-order valence-corrected chi connectivity index (χ1v) is 7.36. The molecule has 2 bridgehead atoms. The van der Waals surface area contributed by atoms with Crippen molar-refractivity contribution in [3.63, 3.8) is 0 Å². The molecule has 0 aromatic carbocycles. The predicted octanol–water partition coefficient (Wildman–Crippen LogP) is 2.71. The molecule has 2 aliphatic heterocycles. The van der Waals surface area contributed by atoms with Crippen LogP contribution in [-0.2, 0) is 7.05 Å². The standard InChI is InChI=1S/C14H17ClN4/c1-18-8-17-13-12(18)4-5-16-14(13)19-10-2-3-11(19)7-9(15)6-10/h4-5,8-11H,2-3,6-7H2,1H3. The molecule has 2 atom stereocenters. The molecule has 0 saturated carbocycles. The summed E-state index contributed by atoms with van der Waals surface area (Å²) in [5.74, 6) is 1.05. The highest BCUT2D eigenvalue weighted by Gasteiger charge is 2.41. The molecular formula is C14H17ClN4. The lowest BCUT2D eigenvalue weighted by Crippen LogP contribution is -2.44. The third-order valence-electron chi connectivity index (χ3n) is 4.54. The van der Waals surface area contributed by atoms with Crippen LogP contribution in [0.2, 0.25) is 0 Å². The molecule has 4 nitrogen and oxygen atoms in total. The van der Waals surface area contributed by atoms with Crippen LogP contribution < -0.4 is 4.90 Å².